The fourth-order valence-electron chi connectivity index (χ4n) is 3.83. The Morgan fingerprint density at radius 2 is 1.94 bits per heavy atom. The molecule has 0 fully saturated rings. The van der Waals surface area contributed by atoms with Gasteiger partial charge in [-0.15, -0.1) is 0 Å². The predicted molar refractivity (Wildman–Crippen MR) is 128 cm³/mol. The number of aromatic nitrogens is 1. The monoisotopic (exact) mass is 444 g/mol. The maximum absolute atomic E-state index is 12.1. The van der Waals surface area contributed by atoms with Gasteiger partial charge in [0.05, 0.1) is 25.0 Å². The molecule has 2 heterocycles. The standard InChI is InChI=1S/C27H28N2O4/c1-3-18-5-6-21(15-26(30)31-4-2)25(13-18)33-17-19-11-22-8-10-32-27(22)24(12-19)20-7-9-29-23(14-20)16-28/h5-14H,3-4,15-17,28H2,1-2H3. The Labute approximate surface area is 193 Å². The maximum Gasteiger partial charge on any atom is 0.310 e. The summed E-state index contributed by atoms with van der Waals surface area (Å²) in [4.78, 5) is 16.4. The van der Waals surface area contributed by atoms with Crippen LogP contribution in [-0.2, 0) is 35.5 Å². The van der Waals surface area contributed by atoms with E-state index in [0.717, 1.165) is 50.9 Å². The molecule has 33 heavy (non-hydrogen) atoms. The lowest BCUT2D eigenvalue weighted by Crippen LogP contribution is -2.09. The second kappa shape index (κ2) is 10.3. The van der Waals surface area contributed by atoms with Crippen LogP contribution in [0.1, 0.15) is 36.2 Å². The lowest BCUT2D eigenvalue weighted by molar-refractivity contribution is -0.142. The van der Waals surface area contributed by atoms with Crippen LogP contribution >= 0.6 is 0 Å². The molecule has 0 radical (unpaired) electrons. The average molecular weight is 445 g/mol. The summed E-state index contributed by atoms with van der Waals surface area (Å²) in [6.07, 6.45) is 4.50. The molecule has 4 rings (SSSR count). The van der Waals surface area contributed by atoms with Gasteiger partial charge in [-0.1, -0.05) is 19.1 Å². The molecule has 170 valence electrons. The summed E-state index contributed by atoms with van der Waals surface area (Å²) in [6.45, 7) is 4.98. The molecule has 0 spiro atoms. The van der Waals surface area contributed by atoms with Crippen LogP contribution < -0.4 is 10.5 Å². The Kier molecular flexibility index (Phi) is 7.05. The Balaban J connectivity index is 1.64. The first kappa shape index (κ1) is 22.6. The number of pyridine rings is 1. The maximum atomic E-state index is 12.1. The van der Waals surface area contributed by atoms with Crippen molar-refractivity contribution in [2.24, 2.45) is 5.73 Å². The minimum Gasteiger partial charge on any atom is -0.489 e. The number of aryl methyl sites for hydroxylation is 1. The first-order valence-corrected chi connectivity index (χ1v) is 11.2. The van der Waals surface area contributed by atoms with Crippen molar-refractivity contribution < 1.29 is 18.7 Å². The van der Waals surface area contributed by atoms with E-state index >= 15 is 0 Å². The molecule has 0 aliphatic rings. The Morgan fingerprint density at radius 1 is 1.06 bits per heavy atom. The van der Waals surface area contributed by atoms with E-state index in [1.807, 2.05) is 36.4 Å². The van der Waals surface area contributed by atoms with Gasteiger partial charge in [-0.05, 0) is 66.4 Å². The minimum absolute atomic E-state index is 0.179. The molecule has 6 heteroatoms. The molecule has 0 aliphatic carbocycles. The largest absolute Gasteiger partial charge is 0.489 e. The van der Waals surface area contributed by atoms with Crippen LogP contribution in [-0.4, -0.2) is 17.6 Å². The van der Waals surface area contributed by atoms with Crippen molar-refractivity contribution in [3.8, 4) is 16.9 Å². The second-order valence-corrected chi connectivity index (χ2v) is 7.79. The molecule has 4 aromatic rings. The lowest BCUT2D eigenvalue weighted by Gasteiger charge is -2.14. The quantitative estimate of drug-likeness (QED) is 0.357. The van der Waals surface area contributed by atoms with Gasteiger partial charge in [-0.2, -0.15) is 0 Å². The zero-order valence-electron chi connectivity index (χ0n) is 19.0. The summed E-state index contributed by atoms with van der Waals surface area (Å²) >= 11 is 0. The zero-order valence-corrected chi connectivity index (χ0v) is 19.0. The van der Waals surface area contributed by atoms with Crippen LogP contribution in [0.2, 0.25) is 0 Å². The van der Waals surface area contributed by atoms with Crippen molar-refractivity contribution in [2.75, 3.05) is 6.61 Å². The average Bonchev–Trinajstić information content (AvgIpc) is 3.31. The number of esters is 1. The molecule has 0 saturated heterocycles. The molecule has 6 nitrogen and oxygen atoms in total. The summed E-state index contributed by atoms with van der Waals surface area (Å²) < 4.78 is 17.1. The molecule has 0 saturated carbocycles. The highest BCUT2D eigenvalue weighted by atomic mass is 16.5. The zero-order chi connectivity index (χ0) is 23.2. The van der Waals surface area contributed by atoms with E-state index in [4.69, 9.17) is 19.6 Å². The van der Waals surface area contributed by atoms with E-state index in [0.29, 0.717) is 25.5 Å². The van der Waals surface area contributed by atoms with Crippen molar-refractivity contribution in [2.45, 2.75) is 39.8 Å². The number of carbonyl (C=O) groups excluding carboxylic acids is 1. The first-order valence-electron chi connectivity index (χ1n) is 11.2. The van der Waals surface area contributed by atoms with Crippen molar-refractivity contribution in [1.82, 2.24) is 4.98 Å². The molecule has 2 aromatic heterocycles. The van der Waals surface area contributed by atoms with Gasteiger partial charge in [-0.3, -0.25) is 9.78 Å². The molecule has 2 N–H and O–H groups in total. The summed E-state index contributed by atoms with van der Waals surface area (Å²) in [6, 6.07) is 16.0. The van der Waals surface area contributed by atoms with E-state index in [2.05, 4.69) is 24.0 Å². The van der Waals surface area contributed by atoms with Crippen molar-refractivity contribution in [3.63, 3.8) is 0 Å². The summed E-state index contributed by atoms with van der Waals surface area (Å²) in [7, 11) is 0. The number of furan rings is 1. The van der Waals surface area contributed by atoms with Gasteiger partial charge in [0, 0.05) is 29.3 Å². The fourth-order valence-corrected chi connectivity index (χ4v) is 3.83. The molecular weight excluding hydrogens is 416 g/mol. The molecule has 0 aliphatic heterocycles. The molecule has 2 aromatic carbocycles. The highest BCUT2D eigenvalue weighted by Gasteiger charge is 2.14. The van der Waals surface area contributed by atoms with Gasteiger partial charge in [0.15, 0.2) is 0 Å². The van der Waals surface area contributed by atoms with Gasteiger partial charge in [-0.25, -0.2) is 0 Å². The molecule has 0 amide bonds. The van der Waals surface area contributed by atoms with E-state index in [1.165, 1.54) is 0 Å². The molecular formula is C27H28N2O4. The predicted octanol–water partition coefficient (Wildman–Crippen LogP) is 5.20. The highest BCUT2D eigenvalue weighted by molar-refractivity contribution is 5.93. The lowest BCUT2D eigenvalue weighted by atomic mass is 10.0. The summed E-state index contributed by atoms with van der Waals surface area (Å²) in [5.41, 5.74) is 12.3. The summed E-state index contributed by atoms with van der Waals surface area (Å²) in [5.74, 6) is 0.438. The van der Waals surface area contributed by atoms with Crippen LogP contribution in [0.4, 0.5) is 0 Å². The Bertz CT molecular complexity index is 1260. The molecule has 0 unspecified atom stereocenters. The van der Waals surface area contributed by atoms with Crippen molar-refractivity contribution in [1.29, 1.82) is 0 Å². The number of nitrogens with zero attached hydrogens (tertiary/aromatic N) is 1. The van der Waals surface area contributed by atoms with Crippen LogP contribution in [0.25, 0.3) is 22.1 Å². The smallest absolute Gasteiger partial charge is 0.310 e. The molecule has 0 bridgehead atoms. The van der Waals surface area contributed by atoms with Crippen LogP contribution in [0.5, 0.6) is 5.75 Å². The molecule has 0 atom stereocenters. The van der Waals surface area contributed by atoms with Crippen LogP contribution in [0, 0.1) is 0 Å². The van der Waals surface area contributed by atoms with Gasteiger partial charge >= 0.3 is 5.97 Å². The third-order valence-electron chi connectivity index (χ3n) is 5.52. The number of benzene rings is 2. The van der Waals surface area contributed by atoms with Gasteiger partial charge < -0.3 is 19.6 Å². The van der Waals surface area contributed by atoms with E-state index in [9.17, 15) is 4.79 Å². The van der Waals surface area contributed by atoms with Gasteiger partial charge in [0.1, 0.15) is 17.9 Å². The van der Waals surface area contributed by atoms with Crippen molar-refractivity contribution >= 4 is 16.9 Å². The van der Waals surface area contributed by atoms with E-state index < -0.39 is 0 Å². The third kappa shape index (κ3) is 5.23. The first-order chi connectivity index (χ1) is 16.1. The Hall–Kier alpha value is -3.64. The highest BCUT2D eigenvalue weighted by Crippen LogP contribution is 2.32. The third-order valence-corrected chi connectivity index (χ3v) is 5.52. The topological polar surface area (TPSA) is 87.6 Å². The number of carbonyl (C=O) groups is 1. The van der Waals surface area contributed by atoms with Crippen LogP contribution in [0.3, 0.4) is 0 Å². The minimum atomic E-state index is -0.262. The second-order valence-electron chi connectivity index (χ2n) is 7.79. The van der Waals surface area contributed by atoms with Gasteiger partial charge in [0.2, 0.25) is 0 Å². The Morgan fingerprint density at radius 3 is 2.73 bits per heavy atom. The number of hydrogen-bond acceptors (Lipinski definition) is 6. The summed E-state index contributed by atoms with van der Waals surface area (Å²) in [5, 5.41) is 0.992. The number of ether oxygens (including phenoxy) is 2. The van der Waals surface area contributed by atoms with Crippen LogP contribution in [0.15, 0.2) is 65.4 Å². The number of fused-ring (bicyclic) bond motifs is 1. The van der Waals surface area contributed by atoms with E-state index in [-0.39, 0.29) is 12.4 Å². The normalized spacial score (nSPS) is 11.0. The SMILES string of the molecule is CCOC(=O)Cc1ccc(CC)cc1OCc1cc(-c2ccnc(CN)c2)c2occc2c1. The fraction of sp³-hybridized carbons (Fsp3) is 0.259. The number of nitrogens with two attached hydrogens (primary N) is 1. The number of rotatable bonds is 9. The van der Waals surface area contributed by atoms with E-state index in [1.54, 1.807) is 19.4 Å². The van der Waals surface area contributed by atoms with Gasteiger partial charge in [0.25, 0.3) is 0 Å². The number of hydrogen-bond donors (Lipinski definition) is 1. The van der Waals surface area contributed by atoms with Crippen molar-refractivity contribution in [3.05, 3.63) is 83.4 Å².